The molecule has 0 fully saturated rings. The van der Waals surface area contributed by atoms with E-state index in [0.29, 0.717) is 5.11 Å². The van der Waals surface area contributed by atoms with Gasteiger partial charge in [-0.25, -0.2) is 10.2 Å². The molecular formula is C6H14N3O2S+. The van der Waals surface area contributed by atoms with E-state index in [-0.39, 0.29) is 5.97 Å². The Labute approximate surface area is 76.6 Å². The average molecular weight is 192 g/mol. The molecule has 0 saturated heterocycles. The second-order valence-corrected chi connectivity index (χ2v) is 3.16. The Balaban J connectivity index is 4.21. The highest BCUT2D eigenvalue weighted by molar-refractivity contribution is 7.80. The van der Waals surface area contributed by atoms with Crippen LogP contribution < -0.4 is 16.6 Å². The monoisotopic (exact) mass is 192 g/mol. The molecule has 0 radical (unpaired) electrons. The smallest absolute Gasteiger partial charge is 0.330 e. The number of carbonyl (C=O) groups is 1. The highest BCUT2D eigenvalue weighted by Crippen LogP contribution is 2.03. The molecule has 0 saturated carbocycles. The third-order valence-corrected chi connectivity index (χ3v) is 1.53. The summed E-state index contributed by atoms with van der Waals surface area (Å²) < 4.78 is 4.55. The van der Waals surface area contributed by atoms with Crippen LogP contribution in [0.4, 0.5) is 0 Å². The van der Waals surface area contributed by atoms with Crippen molar-refractivity contribution in [3.05, 3.63) is 0 Å². The first-order chi connectivity index (χ1) is 5.44. The molecule has 0 bridgehead atoms. The van der Waals surface area contributed by atoms with Gasteiger partial charge in [0.2, 0.25) is 5.11 Å². The maximum Gasteiger partial charge on any atom is 0.330 e. The van der Waals surface area contributed by atoms with E-state index in [4.69, 9.17) is 12.2 Å². The molecule has 6 heteroatoms. The number of ether oxygens (including phenoxy) is 1. The number of nitrogens with one attached hydrogen (secondary N) is 2. The van der Waals surface area contributed by atoms with Crippen molar-refractivity contribution in [1.82, 2.24) is 10.7 Å². The summed E-state index contributed by atoms with van der Waals surface area (Å²) >= 11 is 4.78. The van der Waals surface area contributed by atoms with Crippen molar-refractivity contribution in [2.45, 2.75) is 19.4 Å². The van der Waals surface area contributed by atoms with E-state index in [9.17, 15) is 4.79 Å². The van der Waals surface area contributed by atoms with E-state index in [0.717, 1.165) is 0 Å². The number of thiocarbonyl (C=S) groups is 1. The van der Waals surface area contributed by atoms with Gasteiger partial charge in [0.05, 0.1) is 7.11 Å². The normalized spacial score (nSPS) is 10.3. The van der Waals surface area contributed by atoms with E-state index < -0.39 is 5.54 Å². The van der Waals surface area contributed by atoms with E-state index in [1.807, 2.05) is 0 Å². The predicted molar refractivity (Wildman–Crippen MR) is 47.9 cm³/mol. The summed E-state index contributed by atoms with van der Waals surface area (Å²) in [4.78, 5) is 11.1. The van der Waals surface area contributed by atoms with Gasteiger partial charge in [0, 0.05) is 0 Å². The van der Waals surface area contributed by atoms with Crippen LogP contribution in [0.15, 0.2) is 0 Å². The van der Waals surface area contributed by atoms with Crippen LogP contribution in [0.5, 0.6) is 0 Å². The molecule has 0 unspecified atom stereocenters. The highest BCUT2D eigenvalue weighted by atomic mass is 32.1. The van der Waals surface area contributed by atoms with E-state index in [1.54, 1.807) is 13.8 Å². The SMILES string of the molecule is COC(=O)C(C)(C)NC(=S)N[NH3+]. The molecule has 0 rings (SSSR count). The molecule has 0 amide bonds. The van der Waals surface area contributed by atoms with Crippen LogP contribution in [0.25, 0.3) is 0 Å². The Morgan fingerprint density at radius 1 is 1.58 bits per heavy atom. The second kappa shape index (κ2) is 4.22. The van der Waals surface area contributed by atoms with Crippen molar-refractivity contribution >= 4 is 23.3 Å². The van der Waals surface area contributed by atoms with Crippen LogP contribution >= 0.6 is 12.2 Å². The third kappa shape index (κ3) is 3.02. The molecule has 5 nitrogen and oxygen atoms in total. The molecule has 0 aromatic rings. The summed E-state index contributed by atoms with van der Waals surface area (Å²) in [6.45, 7) is 3.34. The van der Waals surface area contributed by atoms with Gasteiger partial charge in [0.15, 0.2) is 0 Å². The van der Waals surface area contributed by atoms with Crippen LogP contribution in [0.2, 0.25) is 0 Å². The minimum atomic E-state index is -0.823. The van der Waals surface area contributed by atoms with Gasteiger partial charge in [-0.2, -0.15) is 0 Å². The Morgan fingerprint density at radius 2 is 2.08 bits per heavy atom. The standard InChI is InChI=1S/C6H13N3O2S/c1-6(2,4(10)11-3)8-5(12)9-7/h7H2,1-3H3,(H2,8,9,12)/p+1. The fourth-order valence-electron chi connectivity index (χ4n) is 0.634. The van der Waals surface area contributed by atoms with Gasteiger partial charge in [-0.3, -0.25) is 5.84 Å². The minimum Gasteiger partial charge on any atom is -0.467 e. The first-order valence-corrected chi connectivity index (χ1v) is 3.78. The average Bonchev–Trinajstić information content (AvgIpc) is 2.02. The minimum absolute atomic E-state index is 0.311. The van der Waals surface area contributed by atoms with E-state index in [1.165, 1.54) is 7.11 Å². The molecule has 0 aliphatic rings. The molecule has 0 atom stereocenters. The summed E-state index contributed by atoms with van der Waals surface area (Å²) in [5.74, 6) is 2.97. The van der Waals surface area contributed by atoms with Gasteiger partial charge in [-0.05, 0) is 26.1 Å². The fourth-order valence-corrected chi connectivity index (χ4v) is 0.889. The molecule has 0 aliphatic carbocycles. The zero-order valence-corrected chi connectivity index (χ0v) is 8.25. The molecule has 0 aliphatic heterocycles. The van der Waals surface area contributed by atoms with Crippen molar-refractivity contribution in [2.24, 2.45) is 0 Å². The Kier molecular flexibility index (Phi) is 3.91. The second-order valence-electron chi connectivity index (χ2n) is 2.75. The maximum atomic E-state index is 11.1. The Bertz CT molecular complexity index is 193. The molecule has 0 aromatic heterocycles. The van der Waals surface area contributed by atoms with Crippen LogP contribution in [0.1, 0.15) is 13.8 Å². The van der Waals surface area contributed by atoms with Crippen molar-refractivity contribution < 1.29 is 15.4 Å². The van der Waals surface area contributed by atoms with Gasteiger partial charge in [0.1, 0.15) is 5.54 Å². The van der Waals surface area contributed by atoms with Gasteiger partial charge < -0.3 is 10.1 Å². The number of quaternary nitrogens is 1. The Hall–Kier alpha value is -0.880. The first-order valence-electron chi connectivity index (χ1n) is 3.37. The quantitative estimate of drug-likeness (QED) is 0.284. The molecule has 12 heavy (non-hydrogen) atoms. The zero-order valence-electron chi connectivity index (χ0n) is 7.43. The van der Waals surface area contributed by atoms with Gasteiger partial charge in [0.25, 0.3) is 0 Å². The lowest BCUT2D eigenvalue weighted by atomic mass is 10.1. The topological polar surface area (TPSA) is 78.0 Å². The largest absolute Gasteiger partial charge is 0.467 e. The van der Waals surface area contributed by atoms with Crippen molar-refractivity contribution in [3.63, 3.8) is 0 Å². The van der Waals surface area contributed by atoms with Gasteiger partial charge in [-0.15, -0.1) is 0 Å². The molecule has 5 N–H and O–H groups in total. The number of rotatable bonds is 2. The lowest BCUT2D eigenvalue weighted by Crippen LogP contribution is -2.71. The van der Waals surface area contributed by atoms with Crippen LogP contribution in [-0.2, 0) is 9.53 Å². The summed E-state index contributed by atoms with van der Waals surface area (Å²) in [6.07, 6.45) is 0. The number of esters is 1. The third-order valence-electron chi connectivity index (χ3n) is 1.28. The number of methoxy groups -OCH3 is 1. The van der Waals surface area contributed by atoms with Crippen molar-refractivity contribution in [3.8, 4) is 0 Å². The first kappa shape index (κ1) is 11.1. The lowest BCUT2D eigenvalue weighted by molar-refractivity contribution is -0.419. The van der Waals surface area contributed by atoms with E-state index >= 15 is 0 Å². The van der Waals surface area contributed by atoms with Crippen molar-refractivity contribution in [2.75, 3.05) is 7.11 Å². The summed E-state index contributed by atoms with van der Waals surface area (Å²) in [5, 5.41) is 3.05. The van der Waals surface area contributed by atoms with Crippen LogP contribution in [-0.4, -0.2) is 23.7 Å². The summed E-state index contributed by atoms with van der Waals surface area (Å²) in [5.41, 5.74) is 1.64. The Morgan fingerprint density at radius 3 is 2.42 bits per heavy atom. The predicted octanol–water partition coefficient (Wildman–Crippen LogP) is -1.44. The molecule has 0 aromatic carbocycles. The molecule has 0 heterocycles. The summed E-state index contributed by atoms with van der Waals surface area (Å²) in [6, 6.07) is 0. The van der Waals surface area contributed by atoms with Gasteiger partial charge >= 0.3 is 5.97 Å². The van der Waals surface area contributed by atoms with Crippen LogP contribution in [0, 0.1) is 0 Å². The maximum absolute atomic E-state index is 11.1. The number of carbonyl (C=O) groups excluding carboxylic acids is 1. The summed E-state index contributed by atoms with van der Waals surface area (Å²) in [7, 11) is 1.33. The lowest BCUT2D eigenvalue weighted by Gasteiger charge is -2.23. The van der Waals surface area contributed by atoms with Gasteiger partial charge in [-0.1, -0.05) is 0 Å². The zero-order chi connectivity index (χ0) is 9.78. The number of hydrogen-bond donors (Lipinski definition) is 3. The molecular weight excluding hydrogens is 178 g/mol. The highest BCUT2D eigenvalue weighted by Gasteiger charge is 2.29. The van der Waals surface area contributed by atoms with E-state index in [2.05, 4.69) is 21.3 Å². The molecule has 70 valence electrons. The number of hydrogen-bond acceptors (Lipinski definition) is 3. The van der Waals surface area contributed by atoms with Crippen LogP contribution in [0.3, 0.4) is 0 Å². The van der Waals surface area contributed by atoms with Crippen molar-refractivity contribution in [1.29, 1.82) is 0 Å². The fraction of sp³-hybridized carbons (Fsp3) is 0.667. The molecule has 0 spiro atoms.